The van der Waals surface area contributed by atoms with Gasteiger partial charge in [-0.15, -0.1) is 0 Å². The van der Waals surface area contributed by atoms with Crippen molar-refractivity contribution in [3.8, 4) is 0 Å². The number of carbonyl (C=O) groups excluding carboxylic acids is 2. The van der Waals surface area contributed by atoms with Gasteiger partial charge in [-0.3, -0.25) is 9.36 Å². The predicted octanol–water partition coefficient (Wildman–Crippen LogP) is 13.7. The highest BCUT2D eigenvalue weighted by atomic mass is 31.2. The van der Waals surface area contributed by atoms with Crippen LogP contribution in [0.5, 0.6) is 0 Å². The van der Waals surface area contributed by atoms with E-state index < -0.39 is 32.5 Å². The van der Waals surface area contributed by atoms with E-state index in [1.807, 2.05) is 33.3 Å². The Hall–Kier alpha value is -1.51. The summed E-state index contributed by atoms with van der Waals surface area (Å²) < 4.78 is 33.8. The van der Waals surface area contributed by atoms with E-state index in [0.717, 1.165) is 32.1 Å². The predicted molar refractivity (Wildman–Crippen MR) is 245 cm³/mol. The largest absolute Gasteiger partial charge is 0.756 e. The molecule has 0 saturated heterocycles. The number of ether oxygens (including phenoxy) is 2. The molecular formula is C49H94NO8P. The lowest BCUT2D eigenvalue weighted by atomic mass is 10.0. The van der Waals surface area contributed by atoms with Gasteiger partial charge in [-0.25, -0.2) is 4.79 Å². The molecular weight excluding hydrogens is 762 g/mol. The lowest BCUT2D eigenvalue weighted by molar-refractivity contribution is -0.870. The van der Waals surface area contributed by atoms with Crippen molar-refractivity contribution < 1.29 is 42.1 Å². The second kappa shape index (κ2) is 41.8. The Balaban J connectivity index is 4.31. The topological polar surface area (TPSA) is 111 Å². The highest BCUT2D eigenvalue weighted by molar-refractivity contribution is 7.45. The van der Waals surface area contributed by atoms with E-state index in [0.29, 0.717) is 11.0 Å². The normalized spacial score (nSPS) is 13.7. The van der Waals surface area contributed by atoms with E-state index >= 15 is 0 Å². The smallest absolute Gasteiger partial charge is 0.331 e. The molecule has 0 spiro atoms. The maximum Gasteiger partial charge on any atom is 0.331 e. The van der Waals surface area contributed by atoms with Gasteiger partial charge in [-0.05, 0) is 19.3 Å². The second-order valence-corrected chi connectivity index (χ2v) is 19.3. The van der Waals surface area contributed by atoms with Crippen molar-refractivity contribution in [3.05, 3.63) is 24.3 Å². The number of hydrogen-bond donors (Lipinski definition) is 0. The van der Waals surface area contributed by atoms with Gasteiger partial charge in [-0.2, -0.15) is 0 Å². The van der Waals surface area contributed by atoms with Gasteiger partial charge in [0, 0.05) is 12.5 Å². The first kappa shape index (κ1) is 57.5. The number of nitrogens with zero attached hydrogens (tertiary/aromatic N) is 1. The SMILES string of the molecule is CCCCCCCCCCCCC/C=C/C=C/C(=O)O[C@H](COC(=O)CCCCCCCCCCCCCCCCCCCCCC)COP(=O)([O-])OCC[N+](C)(C)C. The molecule has 0 aliphatic heterocycles. The molecule has 0 rings (SSSR count). The fourth-order valence-corrected chi connectivity index (χ4v) is 7.70. The number of phosphoric ester groups is 1. The van der Waals surface area contributed by atoms with Crippen LogP contribution in [0.1, 0.15) is 226 Å². The van der Waals surface area contributed by atoms with E-state index in [-0.39, 0.29) is 19.6 Å². The molecule has 0 fully saturated rings. The Bertz CT molecular complexity index is 1060. The summed E-state index contributed by atoms with van der Waals surface area (Å²) in [5.41, 5.74) is 0. The van der Waals surface area contributed by atoms with Crippen LogP contribution in [0.3, 0.4) is 0 Å². The molecule has 0 amide bonds. The second-order valence-electron chi connectivity index (χ2n) is 17.9. The number of hydrogen-bond acceptors (Lipinski definition) is 8. The Morgan fingerprint density at radius 3 is 1.39 bits per heavy atom. The van der Waals surface area contributed by atoms with Gasteiger partial charge in [0.2, 0.25) is 0 Å². The zero-order chi connectivity index (χ0) is 43.6. The molecule has 0 aliphatic carbocycles. The van der Waals surface area contributed by atoms with Crippen molar-refractivity contribution in [2.45, 2.75) is 232 Å². The maximum absolute atomic E-state index is 12.6. The van der Waals surface area contributed by atoms with Crippen molar-refractivity contribution >= 4 is 19.8 Å². The van der Waals surface area contributed by atoms with Crippen molar-refractivity contribution in [1.82, 2.24) is 0 Å². The number of rotatable bonds is 45. The van der Waals surface area contributed by atoms with Crippen LogP contribution >= 0.6 is 7.82 Å². The molecule has 348 valence electrons. The Kier molecular flexibility index (Phi) is 40.8. The minimum Gasteiger partial charge on any atom is -0.756 e. The fourth-order valence-electron chi connectivity index (χ4n) is 6.98. The standard InChI is InChI=1S/C49H94NO8P/c1-6-8-10-12-14-16-18-20-22-23-24-25-26-28-29-31-33-35-37-39-41-48(51)55-45-47(46-57-59(53,54)56-44-43-50(3,4)5)58-49(52)42-40-38-36-34-32-30-27-21-19-17-15-13-11-9-7-2/h36,38,40,42,47H,6-35,37,39,41,43-46H2,1-5H3/b38-36+,42-40+/t47-/m1/s1. The third-order valence-electron chi connectivity index (χ3n) is 10.8. The van der Waals surface area contributed by atoms with Crippen LogP contribution in [0, 0.1) is 0 Å². The molecule has 2 atom stereocenters. The summed E-state index contributed by atoms with van der Waals surface area (Å²) in [5.74, 6) is -1.08. The molecule has 0 aromatic heterocycles. The Labute approximate surface area is 364 Å². The first-order valence-electron chi connectivity index (χ1n) is 24.6. The van der Waals surface area contributed by atoms with Gasteiger partial charge >= 0.3 is 11.9 Å². The number of carbonyl (C=O) groups is 2. The van der Waals surface area contributed by atoms with Crippen LogP contribution < -0.4 is 4.89 Å². The van der Waals surface area contributed by atoms with E-state index in [4.69, 9.17) is 18.5 Å². The minimum absolute atomic E-state index is 0.0442. The summed E-state index contributed by atoms with van der Waals surface area (Å²) in [4.78, 5) is 37.5. The molecule has 0 saturated carbocycles. The van der Waals surface area contributed by atoms with Crippen LogP contribution in [0.25, 0.3) is 0 Å². The highest BCUT2D eigenvalue weighted by Crippen LogP contribution is 2.38. The minimum atomic E-state index is -4.65. The monoisotopic (exact) mass is 856 g/mol. The first-order valence-corrected chi connectivity index (χ1v) is 26.0. The molecule has 0 aromatic carbocycles. The van der Waals surface area contributed by atoms with Crippen molar-refractivity contribution in [3.63, 3.8) is 0 Å². The summed E-state index contributed by atoms with van der Waals surface area (Å²) in [7, 11) is 1.12. The highest BCUT2D eigenvalue weighted by Gasteiger charge is 2.21. The number of likely N-dealkylation sites (N-methyl/N-ethyl adjacent to an activating group) is 1. The molecule has 0 aliphatic rings. The number of quaternary nitrogens is 1. The van der Waals surface area contributed by atoms with Gasteiger partial charge in [0.15, 0.2) is 6.10 Å². The summed E-state index contributed by atoms with van der Waals surface area (Å²) >= 11 is 0. The Morgan fingerprint density at radius 1 is 0.559 bits per heavy atom. The summed E-state index contributed by atoms with van der Waals surface area (Å²) in [5, 5.41) is 0. The van der Waals surface area contributed by atoms with Gasteiger partial charge in [-0.1, -0.05) is 218 Å². The molecule has 10 heteroatoms. The molecule has 1 unspecified atom stereocenters. The molecule has 9 nitrogen and oxygen atoms in total. The zero-order valence-electron chi connectivity index (χ0n) is 39.2. The van der Waals surface area contributed by atoms with Crippen LogP contribution in [0.4, 0.5) is 0 Å². The van der Waals surface area contributed by atoms with E-state index in [2.05, 4.69) is 13.8 Å². The average molecular weight is 856 g/mol. The Morgan fingerprint density at radius 2 is 0.966 bits per heavy atom. The molecule has 0 bridgehead atoms. The molecule has 0 aromatic rings. The molecule has 59 heavy (non-hydrogen) atoms. The summed E-state index contributed by atoms with van der Waals surface area (Å²) in [6, 6.07) is 0. The van der Waals surface area contributed by atoms with E-state index in [1.54, 1.807) is 6.08 Å². The lowest BCUT2D eigenvalue weighted by Crippen LogP contribution is -2.37. The first-order chi connectivity index (χ1) is 28.5. The number of unbranched alkanes of at least 4 members (excludes halogenated alkanes) is 30. The van der Waals surface area contributed by atoms with Crippen LogP contribution in [0.15, 0.2) is 24.3 Å². The fraction of sp³-hybridized carbons (Fsp3) is 0.878. The quantitative estimate of drug-likeness (QED) is 0.0149. The molecule has 0 N–H and O–H groups in total. The molecule has 0 radical (unpaired) electrons. The van der Waals surface area contributed by atoms with Gasteiger partial charge in [0.25, 0.3) is 7.82 Å². The third-order valence-corrected chi connectivity index (χ3v) is 11.8. The van der Waals surface area contributed by atoms with Crippen molar-refractivity contribution in [1.29, 1.82) is 0 Å². The van der Waals surface area contributed by atoms with Gasteiger partial charge < -0.3 is 27.9 Å². The van der Waals surface area contributed by atoms with Gasteiger partial charge in [0.05, 0.1) is 27.7 Å². The van der Waals surface area contributed by atoms with Crippen molar-refractivity contribution in [2.24, 2.45) is 0 Å². The van der Waals surface area contributed by atoms with Crippen LogP contribution in [-0.2, 0) is 32.7 Å². The van der Waals surface area contributed by atoms with E-state index in [1.165, 1.54) is 179 Å². The number of esters is 2. The maximum atomic E-state index is 12.6. The van der Waals surface area contributed by atoms with Gasteiger partial charge in [0.1, 0.15) is 19.8 Å². The van der Waals surface area contributed by atoms with Crippen LogP contribution in [-0.4, -0.2) is 70.0 Å². The number of phosphoric acid groups is 1. The van der Waals surface area contributed by atoms with Crippen LogP contribution in [0.2, 0.25) is 0 Å². The third kappa shape index (κ3) is 45.8. The van der Waals surface area contributed by atoms with E-state index in [9.17, 15) is 19.0 Å². The average Bonchev–Trinajstić information content (AvgIpc) is 3.19. The zero-order valence-corrected chi connectivity index (χ0v) is 40.1. The summed E-state index contributed by atoms with van der Waals surface area (Å²) in [6.07, 6.45) is 47.0. The summed E-state index contributed by atoms with van der Waals surface area (Å²) in [6.45, 7) is 4.14. The number of allylic oxidation sites excluding steroid dienone is 3. The lowest BCUT2D eigenvalue weighted by Gasteiger charge is -2.28. The molecule has 0 heterocycles. The van der Waals surface area contributed by atoms with Crippen molar-refractivity contribution in [2.75, 3.05) is 47.5 Å².